The van der Waals surface area contributed by atoms with E-state index < -0.39 is 5.97 Å². The highest BCUT2D eigenvalue weighted by Gasteiger charge is 2.34. The number of hydrogen-bond donors (Lipinski definition) is 2. The Kier molecular flexibility index (Phi) is 4.33. The molecule has 1 saturated carbocycles. The van der Waals surface area contributed by atoms with Crippen molar-refractivity contribution in [3.8, 4) is 0 Å². The highest BCUT2D eigenvalue weighted by molar-refractivity contribution is 5.75. The molecule has 118 valence electrons. The van der Waals surface area contributed by atoms with Crippen LogP contribution in [0.3, 0.4) is 0 Å². The highest BCUT2D eigenvalue weighted by atomic mass is 16.4. The predicted molar refractivity (Wildman–Crippen MR) is 78.1 cm³/mol. The van der Waals surface area contributed by atoms with Gasteiger partial charge < -0.3 is 15.3 Å². The Bertz CT molecular complexity index is 415. The molecule has 3 rings (SSSR count). The maximum Gasteiger partial charge on any atom is 0.317 e. The molecule has 6 heteroatoms. The van der Waals surface area contributed by atoms with Crippen molar-refractivity contribution in [3.05, 3.63) is 0 Å². The Hall–Kier alpha value is -1.30. The van der Waals surface area contributed by atoms with Crippen LogP contribution in [0.15, 0.2) is 0 Å². The number of hydrogen-bond acceptors (Lipinski definition) is 3. The number of carbonyl (C=O) groups excluding carboxylic acids is 1. The number of aliphatic carboxylic acids is 1. The van der Waals surface area contributed by atoms with Gasteiger partial charge in [-0.2, -0.15) is 0 Å². The van der Waals surface area contributed by atoms with Gasteiger partial charge in [-0.05, 0) is 38.6 Å². The third kappa shape index (κ3) is 3.31. The second-order valence-corrected chi connectivity index (χ2v) is 6.63. The number of rotatable bonds is 2. The van der Waals surface area contributed by atoms with Crippen molar-refractivity contribution < 1.29 is 14.7 Å². The number of carbonyl (C=O) groups is 2. The first-order valence-electron chi connectivity index (χ1n) is 8.16. The zero-order valence-electron chi connectivity index (χ0n) is 12.5. The molecule has 3 fully saturated rings. The summed E-state index contributed by atoms with van der Waals surface area (Å²) in [6, 6.07) is 0.550. The van der Waals surface area contributed by atoms with Crippen LogP contribution in [-0.2, 0) is 4.79 Å². The van der Waals surface area contributed by atoms with Crippen molar-refractivity contribution in [1.82, 2.24) is 15.1 Å². The van der Waals surface area contributed by atoms with Gasteiger partial charge in [-0.3, -0.25) is 9.69 Å². The van der Waals surface area contributed by atoms with Gasteiger partial charge in [0.25, 0.3) is 0 Å². The largest absolute Gasteiger partial charge is 0.481 e. The summed E-state index contributed by atoms with van der Waals surface area (Å²) in [4.78, 5) is 27.9. The first kappa shape index (κ1) is 14.6. The Balaban J connectivity index is 1.50. The summed E-state index contributed by atoms with van der Waals surface area (Å²) in [6.07, 6.45) is 5.53. The van der Waals surface area contributed by atoms with Crippen LogP contribution < -0.4 is 5.32 Å². The quantitative estimate of drug-likeness (QED) is 0.801. The number of amides is 2. The zero-order valence-corrected chi connectivity index (χ0v) is 12.5. The third-order valence-electron chi connectivity index (χ3n) is 5.23. The zero-order chi connectivity index (χ0) is 14.8. The number of nitrogens with one attached hydrogen (secondary N) is 1. The van der Waals surface area contributed by atoms with E-state index in [0.717, 1.165) is 38.9 Å². The minimum Gasteiger partial charge on any atom is -0.481 e. The molecule has 21 heavy (non-hydrogen) atoms. The Morgan fingerprint density at radius 2 is 1.90 bits per heavy atom. The fourth-order valence-electron chi connectivity index (χ4n) is 3.99. The Labute approximate surface area is 125 Å². The van der Waals surface area contributed by atoms with Crippen molar-refractivity contribution in [2.24, 2.45) is 5.92 Å². The first-order valence-corrected chi connectivity index (χ1v) is 8.16. The molecule has 0 aromatic heterocycles. The van der Waals surface area contributed by atoms with Crippen molar-refractivity contribution in [3.63, 3.8) is 0 Å². The summed E-state index contributed by atoms with van der Waals surface area (Å²) in [5, 5.41) is 12.2. The minimum atomic E-state index is -0.728. The summed E-state index contributed by atoms with van der Waals surface area (Å²) in [5.74, 6) is -1.02. The SMILES string of the molecule is O=C(O)C1CCCC(NC(=O)N2CCN3CCCC3C2)C1. The van der Waals surface area contributed by atoms with Crippen LogP contribution in [0.1, 0.15) is 38.5 Å². The van der Waals surface area contributed by atoms with Gasteiger partial charge in [0.15, 0.2) is 0 Å². The van der Waals surface area contributed by atoms with E-state index in [9.17, 15) is 9.59 Å². The molecule has 0 aromatic carbocycles. The van der Waals surface area contributed by atoms with Gasteiger partial charge in [0, 0.05) is 31.7 Å². The summed E-state index contributed by atoms with van der Waals surface area (Å²) < 4.78 is 0. The smallest absolute Gasteiger partial charge is 0.317 e. The molecule has 3 aliphatic rings. The summed E-state index contributed by atoms with van der Waals surface area (Å²) in [7, 11) is 0. The van der Waals surface area contributed by atoms with E-state index in [0.29, 0.717) is 12.5 Å². The molecule has 3 atom stereocenters. The molecular weight excluding hydrogens is 270 g/mol. The Morgan fingerprint density at radius 3 is 2.71 bits per heavy atom. The number of nitrogens with zero attached hydrogens (tertiary/aromatic N) is 2. The molecule has 1 aliphatic carbocycles. The maximum absolute atomic E-state index is 12.4. The molecule has 2 saturated heterocycles. The van der Waals surface area contributed by atoms with Gasteiger partial charge in [-0.15, -0.1) is 0 Å². The number of carboxylic acids is 1. The van der Waals surface area contributed by atoms with E-state index in [-0.39, 0.29) is 18.0 Å². The molecule has 2 heterocycles. The van der Waals surface area contributed by atoms with Crippen molar-refractivity contribution in [2.45, 2.75) is 50.6 Å². The van der Waals surface area contributed by atoms with E-state index in [1.54, 1.807) is 0 Å². The lowest BCUT2D eigenvalue weighted by molar-refractivity contribution is -0.143. The van der Waals surface area contributed by atoms with Crippen LogP contribution in [0, 0.1) is 5.92 Å². The summed E-state index contributed by atoms with van der Waals surface area (Å²) in [5.41, 5.74) is 0. The van der Waals surface area contributed by atoms with Crippen LogP contribution in [0.4, 0.5) is 4.79 Å². The van der Waals surface area contributed by atoms with Crippen LogP contribution in [0.5, 0.6) is 0 Å². The van der Waals surface area contributed by atoms with Gasteiger partial charge in [0.2, 0.25) is 0 Å². The summed E-state index contributed by atoms with van der Waals surface area (Å²) >= 11 is 0. The number of urea groups is 1. The number of carboxylic acid groups (broad SMARTS) is 1. The van der Waals surface area contributed by atoms with Crippen LogP contribution in [0.2, 0.25) is 0 Å². The van der Waals surface area contributed by atoms with Gasteiger partial charge in [0.05, 0.1) is 5.92 Å². The van der Waals surface area contributed by atoms with Gasteiger partial charge >= 0.3 is 12.0 Å². The lowest BCUT2D eigenvalue weighted by Gasteiger charge is -2.38. The normalized spacial score (nSPS) is 33.5. The fraction of sp³-hybridized carbons (Fsp3) is 0.867. The average molecular weight is 295 g/mol. The standard InChI is InChI=1S/C15H25N3O3/c19-14(20)11-3-1-4-12(9-11)16-15(21)18-8-7-17-6-2-5-13(17)10-18/h11-13H,1-10H2,(H,16,21)(H,19,20). The van der Waals surface area contributed by atoms with Crippen molar-refractivity contribution in [1.29, 1.82) is 0 Å². The minimum absolute atomic E-state index is 0.00223. The predicted octanol–water partition coefficient (Wildman–Crippen LogP) is 1.12. The molecule has 2 aliphatic heterocycles. The first-order chi connectivity index (χ1) is 10.1. The molecule has 2 amide bonds. The van der Waals surface area contributed by atoms with Gasteiger partial charge in [-0.25, -0.2) is 4.79 Å². The van der Waals surface area contributed by atoms with E-state index in [4.69, 9.17) is 5.11 Å². The van der Waals surface area contributed by atoms with E-state index in [2.05, 4.69) is 10.2 Å². The lowest BCUT2D eigenvalue weighted by Crippen LogP contribution is -2.56. The number of piperazine rings is 1. The highest BCUT2D eigenvalue weighted by Crippen LogP contribution is 2.25. The van der Waals surface area contributed by atoms with E-state index in [1.807, 2.05) is 4.90 Å². The van der Waals surface area contributed by atoms with Crippen molar-refractivity contribution in [2.75, 3.05) is 26.2 Å². The molecule has 6 nitrogen and oxygen atoms in total. The molecule has 0 bridgehead atoms. The second-order valence-electron chi connectivity index (χ2n) is 6.63. The second kappa shape index (κ2) is 6.22. The number of fused-ring (bicyclic) bond motifs is 1. The lowest BCUT2D eigenvalue weighted by atomic mass is 9.86. The topological polar surface area (TPSA) is 72.9 Å². The van der Waals surface area contributed by atoms with Gasteiger partial charge in [-0.1, -0.05) is 6.42 Å². The molecule has 0 spiro atoms. The van der Waals surface area contributed by atoms with Crippen molar-refractivity contribution >= 4 is 12.0 Å². The van der Waals surface area contributed by atoms with E-state index in [1.165, 1.54) is 19.4 Å². The Morgan fingerprint density at radius 1 is 1.05 bits per heavy atom. The monoisotopic (exact) mass is 295 g/mol. The fourth-order valence-corrected chi connectivity index (χ4v) is 3.99. The third-order valence-corrected chi connectivity index (χ3v) is 5.23. The van der Waals surface area contributed by atoms with Crippen LogP contribution >= 0.6 is 0 Å². The summed E-state index contributed by atoms with van der Waals surface area (Å²) in [6.45, 7) is 3.75. The van der Waals surface area contributed by atoms with Crippen LogP contribution in [-0.4, -0.2) is 65.2 Å². The molecule has 0 aromatic rings. The van der Waals surface area contributed by atoms with Crippen LogP contribution in [0.25, 0.3) is 0 Å². The molecule has 3 unspecified atom stereocenters. The molecular formula is C15H25N3O3. The maximum atomic E-state index is 12.4. The average Bonchev–Trinajstić information content (AvgIpc) is 2.94. The molecule has 2 N–H and O–H groups in total. The van der Waals surface area contributed by atoms with Gasteiger partial charge in [0.1, 0.15) is 0 Å². The van der Waals surface area contributed by atoms with E-state index >= 15 is 0 Å². The molecule has 0 radical (unpaired) electrons.